The molecule has 1 saturated carbocycles. The van der Waals surface area contributed by atoms with E-state index in [1.165, 1.54) is 18.4 Å². The maximum atomic E-state index is 11.1. The van der Waals surface area contributed by atoms with Crippen molar-refractivity contribution >= 4 is 5.78 Å². The van der Waals surface area contributed by atoms with Gasteiger partial charge in [0.25, 0.3) is 0 Å². The van der Waals surface area contributed by atoms with E-state index in [9.17, 15) is 4.79 Å². The number of carbonyl (C=O) groups excluding carboxylic acids is 1. The minimum Gasteiger partial charge on any atom is -0.300 e. The Hall–Kier alpha value is -0.590. The summed E-state index contributed by atoms with van der Waals surface area (Å²) in [5.41, 5.74) is 1.29. The highest BCUT2D eigenvalue weighted by Crippen LogP contribution is 2.32. The van der Waals surface area contributed by atoms with Gasteiger partial charge in [-0.05, 0) is 45.4 Å². The zero-order valence-electron chi connectivity index (χ0n) is 8.10. The molecule has 0 heterocycles. The molecule has 1 heteroatoms. The van der Waals surface area contributed by atoms with Crippen LogP contribution in [0.4, 0.5) is 0 Å². The summed E-state index contributed by atoms with van der Waals surface area (Å²) in [7, 11) is 0. The van der Waals surface area contributed by atoms with Gasteiger partial charge in [0.2, 0.25) is 0 Å². The Kier molecular flexibility index (Phi) is 3.07. The zero-order chi connectivity index (χ0) is 9.14. The van der Waals surface area contributed by atoms with Crippen molar-refractivity contribution in [2.75, 3.05) is 0 Å². The molecule has 0 N–H and O–H groups in total. The Morgan fingerprint density at radius 1 is 1.08 bits per heavy atom. The second kappa shape index (κ2) is 3.88. The molecular formula is C11H18O. The number of allylic oxidation sites excluding steroid dienone is 1. The lowest BCUT2D eigenvalue weighted by Gasteiger charge is -2.27. The molecule has 68 valence electrons. The summed E-state index contributed by atoms with van der Waals surface area (Å²) >= 11 is 0. The first-order chi connectivity index (χ1) is 5.61. The number of rotatable bonds is 2. The monoisotopic (exact) mass is 166 g/mol. The lowest BCUT2D eigenvalue weighted by Crippen LogP contribution is -2.20. The Labute approximate surface area is 74.9 Å². The van der Waals surface area contributed by atoms with Crippen molar-refractivity contribution in [3.05, 3.63) is 12.2 Å². The van der Waals surface area contributed by atoms with Crippen molar-refractivity contribution in [3.63, 3.8) is 0 Å². The van der Waals surface area contributed by atoms with E-state index in [0.717, 1.165) is 12.8 Å². The molecule has 0 amide bonds. The standard InChI is InChI=1S/C11H18O/c1-8(2)10-4-6-11(7-5-10)9(3)12/h10-11H,1,4-7H2,2-3H3. The third kappa shape index (κ3) is 2.20. The number of hydrogen-bond donors (Lipinski definition) is 0. The van der Waals surface area contributed by atoms with E-state index in [2.05, 4.69) is 13.5 Å². The van der Waals surface area contributed by atoms with Crippen LogP contribution in [0.1, 0.15) is 39.5 Å². The predicted molar refractivity (Wildman–Crippen MR) is 50.9 cm³/mol. The van der Waals surface area contributed by atoms with Crippen LogP contribution in [0.15, 0.2) is 12.2 Å². The highest BCUT2D eigenvalue weighted by molar-refractivity contribution is 5.78. The molecule has 0 aromatic carbocycles. The molecular weight excluding hydrogens is 148 g/mol. The van der Waals surface area contributed by atoms with Gasteiger partial charge in [0.15, 0.2) is 0 Å². The number of hydrogen-bond acceptors (Lipinski definition) is 1. The van der Waals surface area contributed by atoms with E-state index >= 15 is 0 Å². The van der Waals surface area contributed by atoms with Crippen LogP contribution in [-0.2, 0) is 4.79 Å². The Bertz CT molecular complexity index is 163. The average molecular weight is 166 g/mol. The number of Topliss-reactive ketones (excluding diaryl/α,β-unsaturated/α-hetero) is 1. The normalized spacial score (nSPS) is 29.8. The second-order valence-corrected chi connectivity index (χ2v) is 4.01. The van der Waals surface area contributed by atoms with Gasteiger partial charge in [-0.2, -0.15) is 0 Å². The van der Waals surface area contributed by atoms with Crippen LogP contribution in [0.5, 0.6) is 0 Å². The molecule has 0 bridgehead atoms. The van der Waals surface area contributed by atoms with Crippen molar-refractivity contribution in [2.45, 2.75) is 39.5 Å². The average Bonchev–Trinajstić information content (AvgIpc) is 2.04. The van der Waals surface area contributed by atoms with E-state index in [4.69, 9.17) is 0 Å². The van der Waals surface area contributed by atoms with Crippen LogP contribution >= 0.6 is 0 Å². The third-order valence-electron chi connectivity index (χ3n) is 3.00. The van der Waals surface area contributed by atoms with Gasteiger partial charge >= 0.3 is 0 Å². The largest absolute Gasteiger partial charge is 0.300 e. The molecule has 0 aromatic rings. The molecule has 0 aliphatic heterocycles. The van der Waals surface area contributed by atoms with Crippen LogP contribution in [0.2, 0.25) is 0 Å². The fourth-order valence-electron chi connectivity index (χ4n) is 1.99. The summed E-state index contributed by atoms with van der Waals surface area (Å²) in [6, 6.07) is 0. The summed E-state index contributed by atoms with van der Waals surface area (Å²) in [4.78, 5) is 11.1. The Morgan fingerprint density at radius 2 is 1.50 bits per heavy atom. The first kappa shape index (κ1) is 9.50. The molecule has 0 saturated heterocycles. The van der Waals surface area contributed by atoms with Gasteiger partial charge in [-0.3, -0.25) is 4.79 Å². The zero-order valence-corrected chi connectivity index (χ0v) is 8.10. The van der Waals surface area contributed by atoms with Gasteiger partial charge < -0.3 is 0 Å². The third-order valence-corrected chi connectivity index (χ3v) is 3.00. The van der Waals surface area contributed by atoms with E-state index in [1.54, 1.807) is 6.92 Å². The summed E-state index contributed by atoms with van der Waals surface area (Å²) in [6.45, 7) is 7.77. The van der Waals surface area contributed by atoms with Crippen molar-refractivity contribution in [1.82, 2.24) is 0 Å². The van der Waals surface area contributed by atoms with Crippen LogP contribution in [0.25, 0.3) is 0 Å². The highest BCUT2D eigenvalue weighted by Gasteiger charge is 2.23. The van der Waals surface area contributed by atoms with Crippen LogP contribution in [0.3, 0.4) is 0 Å². The topological polar surface area (TPSA) is 17.1 Å². The number of ketones is 1. The quantitative estimate of drug-likeness (QED) is 0.576. The molecule has 0 unspecified atom stereocenters. The Morgan fingerprint density at radius 3 is 1.83 bits per heavy atom. The molecule has 0 spiro atoms. The lowest BCUT2D eigenvalue weighted by molar-refractivity contribution is -0.121. The summed E-state index contributed by atoms with van der Waals surface area (Å²) in [5, 5.41) is 0. The van der Waals surface area contributed by atoms with E-state index in [0.29, 0.717) is 17.6 Å². The molecule has 1 nitrogen and oxygen atoms in total. The van der Waals surface area contributed by atoms with E-state index in [-0.39, 0.29) is 0 Å². The second-order valence-electron chi connectivity index (χ2n) is 4.01. The molecule has 12 heavy (non-hydrogen) atoms. The van der Waals surface area contributed by atoms with Crippen molar-refractivity contribution < 1.29 is 4.79 Å². The lowest BCUT2D eigenvalue weighted by atomic mass is 9.78. The minimum absolute atomic E-state index is 0.348. The smallest absolute Gasteiger partial charge is 0.132 e. The van der Waals surface area contributed by atoms with Crippen molar-refractivity contribution in [3.8, 4) is 0 Å². The molecule has 1 rings (SSSR count). The van der Waals surface area contributed by atoms with Gasteiger partial charge in [0.1, 0.15) is 5.78 Å². The molecule has 1 aliphatic carbocycles. The van der Waals surface area contributed by atoms with Crippen LogP contribution in [-0.4, -0.2) is 5.78 Å². The molecule has 1 aliphatic rings. The van der Waals surface area contributed by atoms with Crippen LogP contribution in [0, 0.1) is 11.8 Å². The van der Waals surface area contributed by atoms with Crippen molar-refractivity contribution in [1.29, 1.82) is 0 Å². The maximum Gasteiger partial charge on any atom is 0.132 e. The van der Waals surface area contributed by atoms with E-state index < -0.39 is 0 Å². The maximum absolute atomic E-state index is 11.1. The minimum atomic E-state index is 0.348. The summed E-state index contributed by atoms with van der Waals surface area (Å²) < 4.78 is 0. The molecule has 0 radical (unpaired) electrons. The van der Waals surface area contributed by atoms with Gasteiger partial charge in [-0.25, -0.2) is 0 Å². The molecule has 0 atom stereocenters. The fraction of sp³-hybridized carbons (Fsp3) is 0.727. The van der Waals surface area contributed by atoms with Gasteiger partial charge in [-0.1, -0.05) is 12.2 Å². The Balaban J connectivity index is 2.39. The predicted octanol–water partition coefficient (Wildman–Crippen LogP) is 2.96. The van der Waals surface area contributed by atoms with Crippen molar-refractivity contribution in [2.24, 2.45) is 11.8 Å². The summed E-state index contributed by atoms with van der Waals surface area (Å²) in [6.07, 6.45) is 4.48. The van der Waals surface area contributed by atoms with Gasteiger partial charge in [0.05, 0.1) is 0 Å². The summed E-state index contributed by atoms with van der Waals surface area (Å²) in [5.74, 6) is 1.40. The molecule has 0 aromatic heterocycles. The fourth-order valence-corrected chi connectivity index (χ4v) is 1.99. The molecule has 1 fully saturated rings. The SMILES string of the molecule is C=C(C)C1CCC(C(C)=O)CC1. The van der Waals surface area contributed by atoms with E-state index in [1.807, 2.05) is 0 Å². The van der Waals surface area contributed by atoms with Crippen LogP contribution < -0.4 is 0 Å². The number of carbonyl (C=O) groups is 1. The first-order valence-corrected chi connectivity index (χ1v) is 4.77. The highest BCUT2D eigenvalue weighted by atomic mass is 16.1. The first-order valence-electron chi connectivity index (χ1n) is 4.77. The van der Waals surface area contributed by atoms with Gasteiger partial charge in [-0.15, -0.1) is 0 Å². The van der Waals surface area contributed by atoms with Gasteiger partial charge in [0, 0.05) is 5.92 Å².